The van der Waals surface area contributed by atoms with E-state index in [1.807, 2.05) is 61.9 Å². The van der Waals surface area contributed by atoms with Gasteiger partial charge < -0.3 is 14.8 Å². The largest absolute Gasteiger partial charge is 0.351 e. The van der Waals surface area contributed by atoms with E-state index >= 15 is 0 Å². The number of aryl methyl sites for hydroxylation is 1. The van der Waals surface area contributed by atoms with Crippen LogP contribution in [0.4, 0.5) is 0 Å². The van der Waals surface area contributed by atoms with Crippen LogP contribution in [-0.4, -0.2) is 47.5 Å². The molecule has 132 valence electrons. The number of likely N-dealkylation sites (N-methyl/N-ethyl adjacent to an activating group) is 1. The first-order valence-corrected chi connectivity index (χ1v) is 8.13. The number of nitrogens with zero attached hydrogens (tertiary/aromatic N) is 4. The average molecular weight is 339 g/mol. The van der Waals surface area contributed by atoms with Crippen LogP contribution in [0.3, 0.4) is 0 Å². The maximum atomic E-state index is 12.3. The monoisotopic (exact) mass is 339 g/mol. The zero-order valence-electron chi connectivity index (χ0n) is 15.3. The molecule has 0 aliphatic rings. The van der Waals surface area contributed by atoms with Crippen LogP contribution in [0.1, 0.15) is 17.3 Å². The fourth-order valence-electron chi connectivity index (χ4n) is 2.32. The van der Waals surface area contributed by atoms with E-state index in [1.54, 1.807) is 12.3 Å². The van der Waals surface area contributed by atoms with Gasteiger partial charge in [-0.2, -0.15) is 0 Å². The zero-order valence-corrected chi connectivity index (χ0v) is 15.3. The van der Waals surface area contributed by atoms with Crippen molar-refractivity contribution in [3.63, 3.8) is 0 Å². The first kappa shape index (κ1) is 18.6. The van der Waals surface area contributed by atoms with E-state index in [2.05, 4.69) is 21.9 Å². The molecule has 1 aromatic carbocycles. The Bertz CT molecular complexity index is 836. The van der Waals surface area contributed by atoms with Crippen LogP contribution in [0.5, 0.6) is 0 Å². The van der Waals surface area contributed by atoms with Gasteiger partial charge in [0, 0.05) is 49.4 Å². The highest BCUT2D eigenvalue weighted by Crippen LogP contribution is 2.15. The van der Waals surface area contributed by atoms with Crippen LogP contribution in [0.25, 0.3) is 11.3 Å². The Morgan fingerprint density at radius 3 is 2.84 bits per heavy atom. The summed E-state index contributed by atoms with van der Waals surface area (Å²) in [6.45, 7) is 7.08. The Kier molecular flexibility index (Phi) is 6.25. The maximum Gasteiger partial charge on any atom is 0.251 e. The average Bonchev–Trinajstić information content (AvgIpc) is 2.56. The first-order valence-electron chi connectivity index (χ1n) is 8.13. The van der Waals surface area contributed by atoms with Crippen molar-refractivity contribution in [1.82, 2.24) is 19.8 Å². The van der Waals surface area contributed by atoms with E-state index in [1.165, 1.54) is 0 Å². The molecule has 0 spiro atoms. The lowest BCUT2D eigenvalue weighted by Gasteiger charge is -2.11. The number of amides is 1. The second kappa shape index (κ2) is 8.39. The van der Waals surface area contributed by atoms with Gasteiger partial charge in [-0.1, -0.05) is 18.7 Å². The molecular formula is C19H25N5O. The lowest BCUT2D eigenvalue weighted by atomic mass is 10.1. The van der Waals surface area contributed by atoms with Crippen LogP contribution in [0.15, 0.2) is 53.9 Å². The molecule has 25 heavy (non-hydrogen) atoms. The minimum absolute atomic E-state index is 0.0950. The summed E-state index contributed by atoms with van der Waals surface area (Å²) in [4.78, 5) is 23.3. The molecule has 0 atom stereocenters. The Balaban J connectivity index is 2.35. The Hall–Kier alpha value is -2.73. The Morgan fingerprint density at radius 2 is 2.16 bits per heavy atom. The van der Waals surface area contributed by atoms with Crippen molar-refractivity contribution < 1.29 is 4.79 Å². The molecule has 6 heteroatoms. The number of hydrogen-bond acceptors (Lipinski definition) is 4. The van der Waals surface area contributed by atoms with E-state index in [0.717, 1.165) is 17.8 Å². The summed E-state index contributed by atoms with van der Waals surface area (Å²) in [5, 5.41) is 2.92. The van der Waals surface area contributed by atoms with Gasteiger partial charge in [0.05, 0.1) is 0 Å². The number of carbonyl (C=O) groups excluding carboxylic acids is 1. The van der Waals surface area contributed by atoms with Gasteiger partial charge in [-0.05, 0) is 33.2 Å². The quantitative estimate of drug-likeness (QED) is 0.873. The number of hydrogen-bond donors (Lipinski definition) is 1. The summed E-state index contributed by atoms with van der Waals surface area (Å²) in [6.07, 6.45) is 3.56. The third-order valence-electron chi connectivity index (χ3n) is 3.58. The van der Waals surface area contributed by atoms with Crippen molar-refractivity contribution in [2.24, 2.45) is 12.0 Å². The van der Waals surface area contributed by atoms with E-state index in [-0.39, 0.29) is 5.91 Å². The number of carbonyl (C=O) groups is 1. The van der Waals surface area contributed by atoms with Crippen molar-refractivity contribution >= 4 is 5.91 Å². The highest BCUT2D eigenvalue weighted by Gasteiger charge is 2.10. The molecule has 1 amide bonds. The summed E-state index contributed by atoms with van der Waals surface area (Å²) in [6, 6.07) is 7.42. The van der Waals surface area contributed by atoms with Gasteiger partial charge in [-0.15, -0.1) is 0 Å². The van der Waals surface area contributed by atoms with E-state index in [4.69, 9.17) is 0 Å². The predicted octanol–water partition coefficient (Wildman–Crippen LogP) is 1.81. The van der Waals surface area contributed by atoms with E-state index < -0.39 is 0 Å². The molecule has 2 rings (SSSR count). The summed E-state index contributed by atoms with van der Waals surface area (Å²) in [5.74, 6) is -0.0950. The van der Waals surface area contributed by atoms with Gasteiger partial charge in [0.15, 0.2) is 5.49 Å². The topological polar surface area (TPSA) is 62.5 Å². The number of rotatable bonds is 6. The van der Waals surface area contributed by atoms with Crippen molar-refractivity contribution in [2.45, 2.75) is 6.92 Å². The summed E-state index contributed by atoms with van der Waals surface area (Å²) in [7, 11) is 5.85. The standard InChI is InChI=1S/C19H25N5O/c1-14(2)22-18-17(20-10-12-24(18)5)15-7-6-8-16(13-15)19(25)21-9-11-23(3)4/h6-8,10,12-13H,1,9,11H2,2-5H3,(H,21,25). The highest BCUT2D eigenvalue weighted by atomic mass is 16.1. The molecule has 1 heterocycles. The molecule has 1 N–H and O–H groups in total. The molecule has 0 radical (unpaired) electrons. The van der Waals surface area contributed by atoms with Crippen molar-refractivity contribution in [3.05, 3.63) is 60.0 Å². The lowest BCUT2D eigenvalue weighted by molar-refractivity contribution is 0.0951. The second-order valence-corrected chi connectivity index (χ2v) is 6.20. The summed E-state index contributed by atoms with van der Waals surface area (Å²) >= 11 is 0. The second-order valence-electron chi connectivity index (χ2n) is 6.20. The molecule has 0 saturated heterocycles. The minimum Gasteiger partial charge on any atom is -0.351 e. The van der Waals surface area contributed by atoms with Gasteiger partial charge in [0.25, 0.3) is 5.91 Å². The summed E-state index contributed by atoms with van der Waals surface area (Å²) < 4.78 is 1.89. The van der Waals surface area contributed by atoms with Gasteiger partial charge in [0.1, 0.15) is 5.69 Å². The van der Waals surface area contributed by atoms with Crippen LogP contribution < -0.4 is 10.8 Å². The number of benzene rings is 1. The van der Waals surface area contributed by atoms with E-state index in [0.29, 0.717) is 23.3 Å². The fourth-order valence-corrected chi connectivity index (χ4v) is 2.32. The van der Waals surface area contributed by atoms with Crippen LogP contribution in [0.2, 0.25) is 0 Å². The smallest absolute Gasteiger partial charge is 0.251 e. The third-order valence-corrected chi connectivity index (χ3v) is 3.58. The Labute approximate surface area is 148 Å². The Morgan fingerprint density at radius 1 is 1.40 bits per heavy atom. The molecule has 6 nitrogen and oxygen atoms in total. The fraction of sp³-hybridized carbons (Fsp3) is 0.316. The predicted molar refractivity (Wildman–Crippen MR) is 99.9 cm³/mol. The van der Waals surface area contributed by atoms with Gasteiger partial charge in [-0.3, -0.25) is 9.78 Å². The van der Waals surface area contributed by atoms with Crippen LogP contribution in [0, 0.1) is 0 Å². The van der Waals surface area contributed by atoms with E-state index in [9.17, 15) is 4.79 Å². The van der Waals surface area contributed by atoms with Crippen molar-refractivity contribution in [2.75, 3.05) is 27.2 Å². The molecule has 2 aromatic rings. The first-order chi connectivity index (χ1) is 11.9. The van der Waals surface area contributed by atoms with Gasteiger partial charge in [-0.25, -0.2) is 4.99 Å². The number of nitrogens with one attached hydrogen (secondary N) is 1. The molecule has 0 aliphatic carbocycles. The molecule has 0 saturated carbocycles. The molecule has 0 bridgehead atoms. The van der Waals surface area contributed by atoms with Crippen LogP contribution in [-0.2, 0) is 7.05 Å². The van der Waals surface area contributed by atoms with Gasteiger partial charge >= 0.3 is 0 Å². The molecule has 0 fully saturated rings. The summed E-state index contributed by atoms with van der Waals surface area (Å²) in [5.41, 5.74) is 3.57. The van der Waals surface area contributed by atoms with Gasteiger partial charge in [0.2, 0.25) is 0 Å². The zero-order chi connectivity index (χ0) is 18.4. The normalized spacial score (nSPS) is 11.6. The highest BCUT2D eigenvalue weighted by molar-refractivity contribution is 5.95. The van der Waals surface area contributed by atoms with Crippen molar-refractivity contribution in [1.29, 1.82) is 0 Å². The SMILES string of the molecule is C=C(C)N=c1c(-c2cccc(C(=O)NCCN(C)C)c2)nccn1C. The molecule has 0 unspecified atom stereocenters. The molecule has 1 aromatic heterocycles. The van der Waals surface area contributed by atoms with Crippen LogP contribution >= 0.6 is 0 Å². The number of allylic oxidation sites excluding steroid dienone is 1. The maximum absolute atomic E-state index is 12.3. The molecule has 0 aliphatic heterocycles. The molecular weight excluding hydrogens is 314 g/mol. The minimum atomic E-state index is -0.0950. The third kappa shape index (κ3) is 5.12. The lowest BCUT2D eigenvalue weighted by Crippen LogP contribution is -2.31. The van der Waals surface area contributed by atoms with Crippen molar-refractivity contribution in [3.8, 4) is 11.3 Å². The number of aromatic nitrogens is 2.